The average Bonchev–Trinajstić information content (AvgIpc) is 2.48. The fourth-order valence-corrected chi connectivity index (χ4v) is 2.23. The predicted octanol–water partition coefficient (Wildman–Crippen LogP) is 1.98. The number of allylic oxidation sites excluding steroid dienone is 1. The summed E-state index contributed by atoms with van der Waals surface area (Å²) >= 11 is 5.71. The van der Waals surface area contributed by atoms with Crippen LogP contribution in [0.3, 0.4) is 0 Å². The first-order chi connectivity index (χ1) is 9.97. The van der Waals surface area contributed by atoms with Crippen molar-refractivity contribution in [1.29, 1.82) is 0 Å². The van der Waals surface area contributed by atoms with Crippen LogP contribution in [-0.4, -0.2) is 25.0 Å². The lowest BCUT2D eigenvalue weighted by Crippen LogP contribution is -2.46. The number of alkyl halides is 1. The van der Waals surface area contributed by atoms with Crippen LogP contribution in [0.15, 0.2) is 29.5 Å². The van der Waals surface area contributed by atoms with Gasteiger partial charge in [-0.2, -0.15) is 0 Å². The molecule has 0 bridgehead atoms. The molecule has 1 aliphatic rings. The minimum atomic E-state index is -1.09. The Bertz CT molecular complexity index is 634. The van der Waals surface area contributed by atoms with E-state index in [9.17, 15) is 18.4 Å². The molecule has 0 spiro atoms. The van der Waals surface area contributed by atoms with E-state index < -0.39 is 29.7 Å². The lowest BCUT2D eigenvalue weighted by atomic mass is 9.95. The fourth-order valence-electron chi connectivity index (χ4n) is 2.02. The molecule has 0 saturated heterocycles. The van der Waals surface area contributed by atoms with Crippen molar-refractivity contribution in [2.75, 3.05) is 13.0 Å². The number of hydrogen-bond acceptors (Lipinski definition) is 3. The summed E-state index contributed by atoms with van der Waals surface area (Å²) in [5, 5.41) is 4.84. The smallest absolute Gasteiger partial charge is 0.338 e. The minimum absolute atomic E-state index is 0.0399. The number of methoxy groups -OCH3 is 1. The van der Waals surface area contributed by atoms with Gasteiger partial charge in [0.25, 0.3) is 0 Å². The minimum Gasteiger partial charge on any atom is -0.466 e. The SMILES string of the molecule is COC(=O)C1=C(CCl)NC(=O)NC1c1ccc(F)c(F)c1. The highest BCUT2D eigenvalue weighted by Gasteiger charge is 2.33. The number of ether oxygens (including phenoxy) is 1. The van der Waals surface area contributed by atoms with Gasteiger partial charge in [0.1, 0.15) is 0 Å². The van der Waals surface area contributed by atoms with E-state index in [1.54, 1.807) is 0 Å². The van der Waals surface area contributed by atoms with E-state index in [2.05, 4.69) is 15.4 Å². The van der Waals surface area contributed by atoms with Gasteiger partial charge in [0.15, 0.2) is 11.6 Å². The van der Waals surface area contributed by atoms with Crippen LogP contribution in [0.2, 0.25) is 0 Å². The van der Waals surface area contributed by atoms with Gasteiger partial charge in [0.2, 0.25) is 0 Å². The van der Waals surface area contributed by atoms with Gasteiger partial charge in [-0.25, -0.2) is 18.4 Å². The van der Waals surface area contributed by atoms with Crippen molar-refractivity contribution in [3.05, 3.63) is 46.7 Å². The Labute approximate surface area is 123 Å². The molecule has 0 fully saturated rings. The third kappa shape index (κ3) is 2.97. The van der Waals surface area contributed by atoms with E-state index in [-0.39, 0.29) is 22.7 Å². The third-order valence-electron chi connectivity index (χ3n) is 2.97. The summed E-state index contributed by atoms with van der Waals surface area (Å²) in [7, 11) is 1.17. The largest absolute Gasteiger partial charge is 0.466 e. The average molecular weight is 317 g/mol. The molecule has 1 unspecified atom stereocenters. The van der Waals surface area contributed by atoms with Gasteiger partial charge in [-0.3, -0.25) is 0 Å². The van der Waals surface area contributed by atoms with Gasteiger partial charge >= 0.3 is 12.0 Å². The quantitative estimate of drug-likeness (QED) is 0.662. The molecule has 21 heavy (non-hydrogen) atoms. The first-order valence-electron chi connectivity index (χ1n) is 5.87. The van der Waals surface area contributed by atoms with Crippen molar-refractivity contribution >= 4 is 23.6 Å². The number of urea groups is 1. The summed E-state index contributed by atoms with van der Waals surface area (Å²) in [6, 6.07) is 1.50. The third-order valence-corrected chi connectivity index (χ3v) is 3.24. The number of esters is 1. The summed E-state index contributed by atoms with van der Waals surface area (Å²) in [4.78, 5) is 23.5. The monoisotopic (exact) mass is 316 g/mol. The lowest BCUT2D eigenvalue weighted by Gasteiger charge is -2.28. The molecular formula is C13H11ClF2N2O3. The Hall–Kier alpha value is -2.15. The topological polar surface area (TPSA) is 67.4 Å². The van der Waals surface area contributed by atoms with Gasteiger partial charge in [-0.1, -0.05) is 6.07 Å². The maximum absolute atomic E-state index is 13.4. The molecule has 112 valence electrons. The molecule has 0 radical (unpaired) electrons. The van der Waals surface area contributed by atoms with E-state index in [1.165, 1.54) is 13.2 Å². The van der Waals surface area contributed by atoms with Crippen LogP contribution in [-0.2, 0) is 9.53 Å². The molecule has 2 rings (SSSR count). The van der Waals surface area contributed by atoms with Gasteiger partial charge in [0, 0.05) is 5.70 Å². The first kappa shape index (κ1) is 15.2. The van der Waals surface area contributed by atoms with Crippen LogP contribution in [0.1, 0.15) is 11.6 Å². The van der Waals surface area contributed by atoms with Crippen molar-refractivity contribution in [3.63, 3.8) is 0 Å². The van der Waals surface area contributed by atoms with Crippen LogP contribution in [0.4, 0.5) is 13.6 Å². The van der Waals surface area contributed by atoms with Crippen molar-refractivity contribution < 1.29 is 23.1 Å². The number of amides is 2. The number of benzene rings is 1. The molecule has 5 nitrogen and oxygen atoms in total. The summed E-state index contributed by atoms with van der Waals surface area (Å²) in [6.45, 7) is 0. The zero-order valence-corrected chi connectivity index (χ0v) is 11.6. The molecule has 1 aromatic carbocycles. The second-order valence-corrected chi connectivity index (χ2v) is 4.49. The van der Waals surface area contributed by atoms with Crippen molar-refractivity contribution in [3.8, 4) is 0 Å². The summed E-state index contributed by atoms with van der Waals surface area (Å²) in [5.74, 6) is -2.98. The second-order valence-electron chi connectivity index (χ2n) is 4.22. The maximum Gasteiger partial charge on any atom is 0.338 e. The molecule has 1 aliphatic heterocycles. The Kier molecular flexibility index (Phi) is 4.42. The molecule has 1 atom stereocenters. The number of hydrogen-bond donors (Lipinski definition) is 2. The zero-order chi connectivity index (χ0) is 15.6. The Balaban J connectivity index is 2.54. The van der Waals surface area contributed by atoms with Crippen LogP contribution in [0.5, 0.6) is 0 Å². The predicted molar refractivity (Wildman–Crippen MR) is 70.5 cm³/mol. The molecule has 0 aliphatic carbocycles. The van der Waals surface area contributed by atoms with E-state index in [4.69, 9.17) is 11.6 Å². The standard InChI is InChI=1S/C13H11ClF2N2O3/c1-21-12(19)10-9(5-14)17-13(20)18-11(10)6-2-3-7(15)8(16)4-6/h2-4,11H,5H2,1H3,(H2,17,18,20). The molecular weight excluding hydrogens is 306 g/mol. The zero-order valence-electron chi connectivity index (χ0n) is 10.9. The Morgan fingerprint density at radius 2 is 2.10 bits per heavy atom. The maximum atomic E-state index is 13.4. The normalized spacial score (nSPS) is 18.1. The van der Waals surface area contributed by atoms with Crippen LogP contribution < -0.4 is 10.6 Å². The molecule has 8 heteroatoms. The number of carbonyl (C=O) groups is 2. The first-order valence-corrected chi connectivity index (χ1v) is 6.41. The van der Waals surface area contributed by atoms with Gasteiger partial charge in [0.05, 0.1) is 24.6 Å². The van der Waals surface area contributed by atoms with Gasteiger partial charge in [-0.05, 0) is 17.7 Å². The molecule has 1 heterocycles. The van der Waals surface area contributed by atoms with Crippen LogP contribution in [0, 0.1) is 11.6 Å². The Morgan fingerprint density at radius 1 is 1.38 bits per heavy atom. The number of rotatable bonds is 3. The molecule has 0 aromatic heterocycles. The summed E-state index contributed by atoms with van der Waals surface area (Å²) in [6.07, 6.45) is 0. The molecule has 1 aromatic rings. The Morgan fingerprint density at radius 3 is 2.67 bits per heavy atom. The van der Waals surface area contributed by atoms with E-state index in [0.717, 1.165) is 12.1 Å². The summed E-state index contributed by atoms with van der Waals surface area (Å²) < 4.78 is 31.0. The lowest BCUT2D eigenvalue weighted by molar-refractivity contribution is -0.136. The number of carbonyl (C=O) groups excluding carboxylic acids is 2. The fraction of sp³-hybridized carbons (Fsp3) is 0.231. The highest BCUT2D eigenvalue weighted by molar-refractivity contribution is 6.20. The molecule has 0 saturated carbocycles. The van der Waals surface area contributed by atoms with Gasteiger partial charge < -0.3 is 15.4 Å². The highest BCUT2D eigenvalue weighted by atomic mass is 35.5. The highest BCUT2D eigenvalue weighted by Crippen LogP contribution is 2.28. The second kappa shape index (κ2) is 6.09. The summed E-state index contributed by atoms with van der Waals surface area (Å²) in [5.41, 5.74) is 0.395. The van der Waals surface area contributed by atoms with Gasteiger partial charge in [-0.15, -0.1) is 11.6 Å². The van der Waals surface area contributed by atoms with E-state index in [0.29, 0.717) is 0 Å². The molecule has 2 N–H and O–H groups in total. The molecule has 2 amide bonds. The van der Waals surface area contributed by atoms with Crippen molar-refractivity contribution in [2.24, 2.45) is 0 Å². The van der Waals surface area contributed by atoms with Crippen LogP contribution in [0.25, 0.3) is 0 Å². The van der Waals surface area contributed by atoms with E-state index >= 15 is 0 Å². The van der Waals surface area contributed by atoms with Crippen molar-refractivity contribution in [1.82, 2.24) is 10.6 Å². The van der Waals surface area contributed by atoms with Crippen molar-refractivity contribution in [2.45, 2.75) is 6.04 Å². The number of nitrogens with one attached hydrogen (secondary N) is 2. The van der Waals surface area contributed by atoms with E-state index in [1.807, 2.05) is 0 Å². The van der Waals surface area contributed by atoms with Crippen LogP contribution >= 0.6 is 11.6 Å². The number of halogens is 3.